The van der Waals surface area contributed by atoms with E-state index < -0.39 is 66.7 Å². The van der Waals surface area contributed by atoms with Crippen molar-refractivity contribution in [1.29, 1.82) is 0 Å². The topological polar surface area (TPSA) is 306 Å². The number of carboxylic acids is 4. The first-order valence-corrected chi connectivity index (χ1v) is 15.7. The predicted molar refractivity (Wildman–Crippen MR) is 186 cm³/mol. The van der Waals surface area contributed by atoms with E-state index in [4.69, 9.17) is 5.11 Å². The quantitative estimate of drug-likeness (QED) is 0.0723. The number of para-hydroxylation sites is 2. The summed E-state index contributed by atoms with van der Waals surface area (Å²) < 4.78 is 0. The summed E-state index contributed by atoms with van der Waals surface area (Å²) in [5.41, 5.74) is 0.603. The van der Waals surface area contributed by atoms with Crippen LogP contribution in [0.15, 0.2) is 84.9 Å². The zero-order chi connectivity index (χ0) is 36.9. The second-order valence-electron chi connectivity index (χ2n) is 11.8. The van der Waals surface area contributed by atoms with Crippen molar-refractivity contribution in [2.45, 2.75) is 42.8 Å². The lowest BCUT2D eigenvalue weighted by Crippen LogP contribution is -2.76. The Kier molecular flexibility index (Phi) is 9.96. The monoisotopic (exact) mass is 714 g/mol. The molecule has 0 amide bonds. The van der Waals surface area contributed by atoms with Gasteiger partial charge in [0.1, 0.15) is 18.6 Å². The van der Waals surface area contributed by atoms with Gasteiger partial charge in [0.2, 0.25) is 17.8 Å². The molecular weight excluding hydrogens is 680 g/mol. The Morgan fingerprint density at radius 1 is 0.654 bits per heavy atom. The van der Waals surface area contributed by atoms with Gasteiger partial charge in [0.15, 0.2) is 11.3 Å². The highest BCUT2D eigenvalue weighted by Crippen LogP contribution is 2.40. The number of aliphatic carboxylic acids is 4. The van der Waals surface area contributed by atoms with Crippen molar-refractivity contribution in [2.24, 2.45) is 0 Å². The minimum atomic E-state index is -1.84. The maximum Gasteiger partial charge on any atom is 0.329 e. The van der Waals surface area contributed by atoms with Gasteiger partial charge in [-0.25, -0.2) is 4.79 Å². The molecule has 6 rings (SSSR count). The molecule has 2 fully saturated rings. The van der Waals surface area contributed by atoms with Crippen LogP contribution in [-0.2, 0) is 19.2 Å². The van der Waals surface area contributed by atoms with Crippen LogP contribution in [0.25, 0.3) is 0 Å². The predicted octanol–water partition coefficient (Wildman–Crippen LogP) is 1.13. The van der Waals surface area contributed by atoms with Gasteiger partial charge >= 0.3 is 23.9 Å². The largest absolute Gasteiger partial charge is 0.481 e. The van der Waals surface area contributed by atoms with Gasteiger partial charge in [0.05, 0.1) is 12.8 Å². The summed E-state index contributed by atoms with van der Waals surface area (Å²) >= 11 is 0. The number of nitrogens with zero attached hydrogens (tertiary/aromatic N) is 3. The molecule has 0 aliphatic carbocycles. The van der Waals surface area contributed by atoms with E-state index in [1.807, 2.05) is 36.4 Å². The van der Waals surface area contributed by atoms with Gasteiger partial charge in [-0.3, -0.25) is 35.7 Å². The summed E-state index contributed by atoms with van der Waals surface area (Å²) in [6, 6.07) is 23.3. The van der Waals surface area contributed by atoms with E-state index in [1.165, 1.54) is 0 Å². The third kappa shape index (κ3) is 8.22. The first kappa shape index (κ1) is 35.2. The zero-order valence-electron chi connectivity index (χ0n) is 27.0. The molecule has 1 aromatic heterocycles. The van der Waals surface area contributed by atoms with Crippen molar-refractivity contribution in [3.8, 4) is 0 Å². The molecule has 5 unspecified atom stereocenters. The molecule has 2 saturated heterocycles. The van der Waals surface area contributed by atoms with Crippen LogP contribution in [0.4, 0.5) is 40.6 Å². The minimum Gasteiger partial charge on any atom is -0.481 e. The number of carbonyl (C=O) groups is 4. The fourth-order valence-electron chi connectivity index (χ4n) is 5.56. The number of rotatable bonds is 16. The molecule has 20 nitrogen and oxygen atoms in total. The Labute approximate surface area is 294 Å². The number of carboxylic acid groups (broad SMARTS) is 4. The Morgan fingerprint density at radius 3 is 1.63 bits per heavy atom. The van der Waals surface area contributed by atoms with Gasteiger partial charge in [-0.05, 0) is 48.5 Å². The second-order valence-corrected chi connectivity index (χ2v) is 11.8. The van der Waals surface area contributed by atoms with Gasteiger partial charge in [0.25, 0.3) is 0 Å². The maximum atomic E-state index is 12.3. The van der Waals surface area contributed by atoms with Crippen molar-refractivity contribution in [1.82, 2.24) is 36.2 Å². The molecule has 2 aliphatic heterocycles. The number of hydrogen-bond acceptors (Lipinski definition) is 16. The summed E-state index contributed by atoms with van der Waals surface area (Å²) in [6.45, 7) is 0. The van der Waals surface area contributed by atoms with E-state index in [0.29, 0.717) is 17.1 Å². The minimum absolute atomic E-state index is 0.0119. The molecule has 2 aliphatic rings. The molecule has 0 radical (unpaired) electrons. The van der Waals surface area contributed by atoms with Crippen LogP contribution < -0.4 is 47.9 Å². The third-order valence-corrected chi connectivity index (χ3v) is 8.00. The Balaban J connectivity index is 1.19. The summed E-state index contributed by atoms with van der Waals surface area (Å²) in [4.78, 5) is 59.8. The molecule has 4 aromatic rings. The van der Waals surface area contributed by atoms with Crippen molar-refractivity contribution in [3.63, 3.8) is 0 Å². The number of hydrogen-bond donors (Lipinski definition) is 13. The fraction of sp³-hybridized carbons (Fsp3) is 0.219. The number of benzene rings is 3. The maximum absolute atomic E-state index is 12.3. The average molecular weight is 715 g/mol. The second kappa shape index (κ2) is 14.7. The van der Waals surface area contributed by atoms with E-state index in [-0.39, 0.29) is 17.8 Å². The van der Waals surface area contributed by atoms with Crippen LogP contribution in [-0.4, -0.2) is 89.2 Å². The van der Waals surface area contributed by atoms with Crippen molar-refractivity contribution in [2.75, 3.05) is 26.6 Å². The standard InChI is InChI=1S/C32H34N12O8/c45-22(46)15-21(24(49)50)37-28-39-26(33-17-7-3-1-4-8-17)38-27(40-28)34-19-11-13-20(14-12-19)36-30-41-29(35-18-9-5-2-6-10-18)42-32(43-30)31(44-32,25(51)52)16-23(47)48/h1-14,21,29-30,35-36,41-44H,15-16H2,(H,45,46)(H,47,48)(H,49,50)(H,51,52)(H3,33,34,37,38,39,40). The molecule has 3 aromatic carbocycles. The van der Waals surface area contributed by atoms with Crippen molar-refractivity contribution in [3.05, 3.63) is 84.9 Å². The van der Waals surface area contributed by atoms with E-state index in [1.54, 1.807) is 48.5 Å². The molecule has 20 heteroatoms. The van der Waals surface area contributed by atoms with E-state index in [0.717, 1.165) is 5.69 Å². The van der Waals surface area contributed by atoms with Crippen molar-refractivity contribution >= 4 is 64.5 Å². The molecule has 13 N–H and O–H groups in total. The lowest BCUT2D eigenvalue weighted by atomic mass is 10.0. The fourth-order valence-corrected chi connectivity index (χ4v) is 5.56. The molecule has 0 saturated carbocycles. The molecule has 52 heavy (non-hydrogen) atoms. The molecule has 1 spiro atoms. The number of aromatic nitrogens is 3. The van der Waals surface area contributed by atoms with Crippen LogP contribution in [0.5, 0.6) is 0 Å². The average Bonchev–Trinajstić information content (AvgIpc) is 3.69. The lowest BCUT2D eigenvalue weighted by molar-refractivity contribution is -0.147. The van der Waals surface area contributed by atoms with Crippen LogP contribution in [0.1, 0.15) is 12.8 Å². The van der Waals surface area contributed by atoms with E-state index in [9.17, 15) is 34.5 Å². The lowest BCUT2D eigenvalue weighted by Gasteiger charge is -2.40. The normalized spacial score (nSPS) is 22.4. The highest BCUT2D eigenvalue weighted by molar-refractivity contribution is 5.91. The zero-order valence-corrected chi connectivity index (χ0v) is 27.0. The molecular formula is C32H34N12O8. The summed E-state index contributed by atoms with van der Waals surface area (Å²) in [7, 11) is 0. The Morgan fingerprint density at radius 2 is 1.13 bits per heavy atom. The highest BCUT2D eigenvalue weighted by atomic mass is 16.4. The summed E-state index contributed by atoms with van der Waals surface area (Å²) in [5.74, 6) is -6.99. The first-order chi connectivity index (χ1) is 24.9. The molecule has 0 bridgehead atoms. The van der Waals surface area contributed by atoms with Crippen LogP contribution >= 0.6 is 0 Å². The third-order valence-electron chi connectivity index (χ3n) is 8.00. The SMILES string of the molecule is O=C(O)CC(Nc1nc(Nc2ccccc2)nc(Nc2ccc(NC3NC(Nc4ccccc4)NC4(N3)NC4(CC(=O)O)C(=O)O)cc2)n1)C(=O)O. The summed E-state index contributed by atoms with van der Waals surface area (Å²) in [6.07, 6.45) is -2.91. The molecule has 3 heterocycles. The van der Waals surface area contributed by atoms with Crippen molar-refractivity contribution < 1.29 is 39.6 Å². The van der Waals surface area contributed by atoms with Crippen LogP contribution in [0, 0.1) is 0 Å². The van der Waals surface area contributed by atoms with Crippen LogP contribution in [0.2, 0.25) is 0 Å². The smallest absolute Gasteiger partial charge is 0.329 e. The molecule has 270 valence electrons. The van der Waals surface area contributed by atoms with Gasteiger partial charge in [0, 0.05) is 22.7 Å². The Bertz CT molecular complexity index is 1940. The van der Waals surface area contributed by atoms with Crippen LogP contribution in [0.3, 0.4) is 0 Å². The van der Waals surface area contributed by atoms with Gasteiger partial charge < -0.3 is 47.0 Å². The van der Waals surface area contributed by atoms with Gasteiger partial charge in [-0.1, -0.05) is 36.4 Å². The highest BCUT2D eigenvalue weighted by Gasteiger charge is 2.75. The van der Waals surface area contributed by atoms with E-state index in [2.05, 4.69) is 62.8 Å². The first-order valence-electron chi connectivity index (χ1n) is 15.7. The molecule has 5 atom stereocenters. The number of anilines is 7. The number of nitrogens with one attached hydrogen (secondary N) is 9. The summed E-state index contributed by atoms with van der Waals surface area (Å²) in [5, 5.41) is 65.5. The van der Waals surface area contributed by atoms with Gasteiger partial charge in [-0.15, -0.1) is 0 Å². The van der Waals surface area contributed by atoms with E-state index >= 15 is 0 Å². The van der Waals surface area contributed by atoms with Gasteiger partial charge in [-0.2, -0.15) is 15.0 Å². The Hall–Kier alpha value is -6.61.